The van der Waals surface area contributed by atoms with E-state index in [-0.39, 0.29) is 0 Å². The van der Waals surface area contributed by atoms with E-state index in [0.29, 0.717) is 12.1 Å². The van der Waals surface area contributed by atoms with Crippen molar-refractivity contribution >= 4 is 0 Å². The highest BCUT2D eigenvalue weighted by atomic mass is 15.6. The normalized spacial score (nSPS) is 13.2. The molecule has 0 aliphatic rings. The molecule has 5 nitrogen and oxygen atoms in total. The number of nitrogens with one attached hydrogen (secondary N) is 1. The van der Waals surface area contributed by atoms with Crippen LogP contribution in [0.5, 0.6) is 0 Å². The van der Waals surface area contributed by atoms with Crippen LogP contribution in [-0.2, 0) is 6.54 Å². The van der Waals surface area contributed by atoms with Crippen molar-refractivity contribution in [2.24, 2.45) is 0 Å². The van der Waals surface area contributed by atoms with Crippen molar-refractivity contribution in [2.75, 3.05) is 0 Å². The number of nitrogens with zero attached hydrogens (tertiary/aromatic N) is 4. The summed E-state index contributed by atoms with van der Waals surface area (Å²) in [6.07, 6.45) is 5.96. The number of tetrazole rings is 1. The highest BCUT2D eigenvalue weighted by Crippen LogP contribution is 2.20. The second kappa shape index (κ2) is 8.19. The van der Waals surface area contributed by atoms with Crippen molar-refractivity contribution in [1.82, 2.24) is 25.5 Å². The fourth-order valence-electron chi connectivity index (χ4n) is 2.07. The highest BCUT2D eigenvalue weighted by molar-refractivity contribution is 4.84. The van der Waals surface area contributed by atoms with Crippen LogP contribution in [0.2, 0.25) is 0 Å². The second-order valence-corrected chi connectivity index (χ2v) is 5.16. The van der Waals surface area contributed by atoms with Crippen LogP contribution in [0.4, 0.5) is 0 Å². The van der Waals surface area contributed by atoms with Crippen LogP contribution in [0.25, 0.3) is 0 Å². The van der Waals surface area contributed by atoms with Crippen molar-refractivity contribution in [1.29, 1.82) is 0 Å². The van der Waals surface area contributed by atoms with Gasteiger partial charge in [0.15, 0.2) is 5.82 Å². The summed E-state index contributed by atoms with van der Waals surface area (Å²) in [4.78, 5) is 0. The molecule has 0 bridgehead atoms. The molecule has 1 aromatic rings. The van der Waals surface area contributed by atoms with Crippen molar-refractivity contribution in [2.45, 2.75) is 78.4 Å². The van der Waals surface area contributed by atoms with Crippen LogP contribution in [0.15, 0.2) is 0 Å². The summed E-state index contributed by atoms with van der Waals surface area (Å²) < 4.78 is 2.02. The Labute approximate surface area is 110 Å². The Hall–Kier alpha value is -0.970. The van der Waals surface area contributed by atoms with Gasteiger partial charge in [-0.05, 0) is 23.3 Å². The molecule has 0 saturated heterocycles. The first-order chi connectivity index (χ1) is 8.69. The standard InChI is InChI=1S/C13H27N5/c1-5-7-9-12(8-6-2)18-13(15-16-17-18)10-14-11(3)4/h11-12,14H,5-10H2,1-4H3. The lowest BCUT2D eigenvalue weighted by Gasteiger charge is -2.18. The van der Waals surface area contributed by atoms with E-state index in [1.165, 1.54) is 25.7 Å². The molecule has 5 heteroatoms. The predicted octanol–water partition coefficient (Wildman–Crippen LogP) is 2.70. The highest BCUT2D eigenvalue weighted by Gasteiger charge is 2.16. The van der Waals surface area contributed by atoms with E-state index in [2.05, 4.69) is 48.5 Å². The summed E-state index contributed by atoms with van der Waals surface area (Å²) in [6, 6.07) is 0.907. The number of hydrogen-bond donors (Lipinski definition) is 1. The van der Waals surface area contributed by atoms with Gasteiger partial charge in [0.1, 0.15) is 0 Å². The van der Waals surface area contributed by atoms with Crippen LogP contribution in [0.1, 0.15) is 71.7 Å². The summed E-state index contributed by atoms with van der Waals surface area (Å²) in [5.41, 5.74) is 0. The van der Waals surface area contributed by atoms with E-state index in [1.807, 2.05) is 4.68 Å². The topological polar surface area (TPSA) is 55.6 Å². The SMILES string of the molecule is CCCCC(CCC)n1nnnc1CNC(C)C. The van der Waals surface area contributed by atoms with Crippen LogP contribution < -0.4 is 5.32 Å². The monoisotopic (exact) mass is 253 g/mol. The number of aromatic nitrogens is 4. The first kappa shape index (κ1) is 15.1. The summed E-state index contributed by atoms with van der Waals surface area (Å²) in [6.45, 7) is 9.46. The van der Waals surface area contributed by atoms with Crippen LogP contribution >= 0.6 is 0 Å². The maximum absolute atomic E-state index is 4.18. The molecule has 0 spiro atoms. The minimum atomic E-state index is 0.453. The zero-order valence-corrected chi connectivity index (χ0v) is 12.2. The third kappa shape index (κ3) is 4.72. The van der Waals surface area contributed by atoms with Gasteiger partial charge < -0.3 is 5.32 Å². The van der Waals surface area contributed by atoms with E-state index in [1.54, 1.807) is 0 Å². The molecular weight excluding hydrogens is 226 g/mol. The molecule has 0 fully saturated rings. The molecule has 1 heterocycles. The van der Waals surface area contributed by atoms with Crippen LogP contribution in [0.3, 0.4) is 0 Å². The van der Waals surface area contributed by atoms with Gasteiger partial charge in [0, 0.05) is 6.04 Å². The molecule has 0 amide bonds. The predicted molar refractivity (Wildman–Crippen MR) is 73.3 cm³/mol. The third-order valence-corrected chi connectivity index (χ3v) is 3.09. The minimum Gasteiger partial charge on any atom is -0.308 e. The third-order valence-electron chi connectivity index (χ3n) is 3.09. The summed E-state index contributed by atoms with van der Waals surface area (Å²) in [7, 11) is 0. The van der Waals surface area contributed by atoms with Crippen LogP contribution in [0, 0.1) is 0 Å². The Balaban J connectivity index is 2.67. The summed E-state index contributed by atoms with van der Waals surface area (Å²) >= 11 is 0. The number of unbranched alkanes of at least 4 members (excludes halogenated alkanes) is 1. The van der Waals surface area contributed by atoms with Gasteiger partial charge in [-0.25, -0.2) is 4.68 Å². The lowest BCUT2D eigenvalue weighted by atomic mass is 10.1. The van der Waals surface area contributed by atoms with E-state index < -0.39 is 0 Å². The molecule has 0 aromatic carbocycles. The molecule has 1 N–H and O–H groups in total. The van der Waals surface area contributed by atoms with Gasteiger partial charge in [0.2, 0.25) is 0 Å². The van der Waals surface area contributed by atoms with Crippen molar-refractivity contribution in [3.05, 3.63) is 5.82 Å². The second-order valence-electron chi connectivity index (χ2n) is 5.16. The van der Waals surface area contributed by atoms with E-state index >= 15 is 0 Å². The minimum absolute atomic E-state index is 0.453. The molecule has 1 rings (SSSR count). The van der Waals surface area contributed by atoms with Gasteiger partial charge in [-0.2, -0.15) is 0 Å². The van der Waals surface area contributed by atoms with E-state index in [4.69, 9.17) is 0 Å². The van der Waals surface area contributed by atoms with Crippen LogP contribution in [-0.4, -0.2) is 26.2 Å². The Morgan fingerprint density at radius 3 is 2.56 bits per heavy atom. The molecule has 1 aromatic heterocycles. The zero-order chi connectivity index (χ0) is 13.4. The fourth-order valence-corrected chi connectivity index (χ4v) is 2.07. The van der Waals surface area contributed by atoms with Gasteiger partial charge in [-0.1, -0.05) is 47.0 Å². The largest absolute Gasteiger partial charge is 0.308 e. The lowest BCUT2D eigenvalue weighted by Crippen LogP contribution is -2.25. The molecule has 104 valence electrons. The van der Waals surface area contributed by atoms with Crippen molar-refractivity contribution in [3.8, 4) is 0 Å². The van der Waals surface area contributed by atoms with E-state index in [9.17, 15) is 0 Å². The van der Waals surface area contributed by atoms with Gasteiger partial charge in [-0.15, -0.1) is 5.10 Å². The Morgan fingerprint density at radius 2 is 1.94 bits per heavy atom. The Bertz CT molecular complexity index is 321. The Kier molecular flexibility index (Phi) is 6.86. The quantitative estimate of drug-likeness (QED) is 0.735. The average Bonchev–Trinajstić information content (AvgIpc) is 2.80. The van der Waals surface area contributed by atoms with Gasteiger partial charge in [0.25, 0.3) is 0 Å². The molecule has 0 radical (unpaired) electrons. The molecule has 0 aliphatic heterocycles. The summed E-state index contributed by atoms with van der Waals surface area (Å²) in [5, 5.41) is 15.5. The van der Waals surface area contributed by atoms with E-state index in [0.717, 1.165) is 18.8 Å². The molecule has 0 saturated carbocycles. The Morgan fingerprint density at radius 1 is 1.17 bits per heavy atom. The molecule has 0 aliphatic carbocycles. The number of rotatable bonds is 9. The fraction of sp³-hybridized carbons (Fsp3) is 0.923. The maximum atomic E-state index is 4.18. The maximum Gasteiger partial charge on any atom is 0.165 e. The molecule has 1 unspecified atom stereocenters. The zero-order valence-electron chi connectivity index (χ0n) is 12.2. The molecule has 18 heavy (non-hydrogen) atoms. The summed E-state index contributed by atoms with van der Waals surface area (Å²) in [5.74, 6) is 0.957. The van der Waals surface area contributed by atoms with Crippen molar-refractivity contribution in [3.63, 3.8) is 0 Å². The number of hydrogen-bond acceptors (Lipinski definition) is 4. The average molecular weight is 253 g/mol. The van der Waals surface area contributed by atoms with Gasteiger partial charge in [0.05, 0.1) is 12.6 Å². The van der Waals surface area contributed by atoms with Gasteiger partial charge >= 0.3 is 0 Å². The van der Waals surface area contributed by atoms with Crippen molar-refractivity contribution < 1.29 is 0 Å². The lowest BCUT2D eigenvalue weighted by molar-refractivity contribution is 0.361. The smallest absolute Gasteiger partial charge is 0.165 e. The first-order valence-electron chi connectivity index (χ1n) is 7.19. The molecular formula is C13H27N5. The molecule has 1 atom stereocenters. The first-order valence-corrected chi connectivity index (χ1v) is 7.19. The van der Waals surface area contributed by atoms with Gasteiger partial charge in [-0.3, -0.25) is 0 Å².